The minimum absolute atomic E-state index is 0.272. The third-order valence-corrected chi connectivity index (χ3v) is 5.82. The molecule has 0 aliphatic carbocycles. The lowest BCUT2D eigenvalue weighted by atomic mass is 10.2. The fourth-order valence-electron chi connectivity index (χ4n) is 3.63. The molecule has 8 heteroatoms. The molecule has 0 unspecified atom stereocenters. The van der Waals surface area contributed by atoms with Gasteiger partial charge in [0, 0.05) is 5.56 Å². The topological polar surface area (TPSA) is 95.5 Å². The number of hydrogen-bond donors (Lipinski definition) is 1. The average Bonchev–Trinajstić information content (AvgIpc) is 2.98. The van der Waals surface area contributed by atoms with E-state index in [2.05, 4.69) is 10.5 Å². The Morgan fingerprint density at radius 2 is 1.48 bits per heavy atom. The van der Waals surface area contributed by atoms with Crippen molar-refractivity contribution in [2.24, 2.45) is 5.10 Å². The van der Waals surface area contributed by atoms with Crippen LogP contribution in [0.1, 0.15) is 44.3 Å². The second kappa shape index (κ2) is 13.6. The molecule has 0 radical (unpaired) electrons. The van der Waals surface area contributed by atoms with Gasteiger partial charge in [-0.3, -0.25) is 4.79 Å². The van der Waals surface area contributed by atoms with Crippen LogP contribution < -0.4 is 24.4 Å². The fourth-order valence-corrected chi connectivity index (χ4v) is 3.63. The maximum absolute atomic E-state index is 12.6. The molecule has 0 aliphatic rings. The quantitative estimate of drug-likeness (QED) is 0.110. The molecule has 0 aliphatic heterocycles. The van der Waals surface area contributed by atoms with Crippen LogP contribution in [0.4, 0.5) is 0 Å². The number of hydrazone groups is 1. The Hall–Kier alpha value is -5.11. The Bertz CT molecular complexity index is 1460. The fraction of sp³-hybridized carbons (Fsp3) is 0.156. The van der Waals surface area contributed by atoms with Crippen LogP contribution in [-0.4, -0.2) is 31.8 Å². The van der Waals surface area contributed by atoms with E-state index in [1.54, 1.807) is 73.8 Å². The normalized spacial score (nSPS) is 10.7. The van der Waals surface area contributed by atoms with E-state index in [1.807, 2.05) is 38.1 Å². The van der Waals surface area contributed by atoms with Gasteiger partial charge in [0.2, 0.25) is 0 Å². The Balaban J connectivity index is 1.33. The lowest BCUT2D eigenvalue weighted by Crippen LogP contribution is -2.17. The van der Waals surface area contributed by atoms with Crippen molar-refractivity contribution in [2.45, 2.75) is 20.5 Å². The summed E-state index contributed by atoms with van der Waals surface area (Å²) in [6.07, 6.45) is 1.48. The molecule has 8 nitrogen and oxygen atoms in total. The summed E-state index contributed by atoms with van der Waals surface area (Å²) in [7, 11) is 1.55. The number of carbonyl (C=O) groups is 2. The predicted molar refractivity (Wildman–Crippen MR) is 153 cm³/mol. The minimum Gasteiger partial charge on any atom is -0.497 e. The number of esters is 1. The summed E-state index contributed by atoms with van der Waals surface area (Å²) in [5, 5.41) is 4.05. The Morgan fingerprint density at radius 1 is 0.800 bits per heavy atom. The van der Waals surface area contributed by atoms with Crippen molar-refractivity contribution in [1.82, 2.24) is 5.43 Å². The first-order valence-corrected chi connectivity index (χ1v) is 12.7. The third-order valence-electron chi connectivity index (χ3n) is 5.82. The highest BCUT2D eigenvalue weighted by Crippen LogP contribution is 2.29. The number of benzene rings is 4. The van der Waals surface area contributed by atoms with Gasteiger partial charge in [-0.05, 0) is 91.7 Å². The van der Waals surface area contributed by atoms with Gasteiger partial charge in [0.05, 0.1) is 25.5 Å². The Kier molecular flexibility index (Phi) is 9.50. The van der Waals surface area contributed by atoms with Gasteiger partial charge in [-0.25, -0.2) is 10.2 Å². The second-order valence-corrected chi connectivity index (χ2v) is 8.75. The summed E-state index contributed by atoms with van der Waals surface area (Å²) in [5.41, 5.74) is 6.24. The standard InChI is InChI=1S/C32H30N2O6/c1-4-38-30-19-24(9-18-29(30)40-32(36)26-12-14-27(37-3)15-13-26)20-33-34-31(35)25-10-16-28(17-11-25)39-21-23-7-5-22(2)6-8-23/h5-20H,4,21H2,1-3H3,(H,34,35). The molecule has 0 bridgehead atoms. The maximum atomic E-state index is 12.6. The van der Waals surface area contributed by atoms with Crippen LogP contribution in [-0.2, 0) is 6.61 Å². The van der Waals surface area contributed by atoms with Crippen LogP contribution in [0.15, 0.2) is 96.1 Å². The molecule has 0 fully saturated rings. The molecule has 4 aromatic rings. The Morgan fingerprint density at radius 3 is 2.15 bits per heavy atom. The Labute approximate surface area is 233 Å². The molecule has 0 atom stereocenters. The van der Waals surface area contributed by atoms with E-state index in [0.29, 0.717) is 47.2 Å². The molecule has 0 saturated heterocycles. The van der Waals surface area contributed by atoms with E-state index in [0.717, 1.165) is 5.56 Å². The lowest BCUT2D eigenvalue weighted by Gasteiger charge is -2.11. The molecule has 0 heterocycles. The zero-order valence-corrected chi connectivity index (χ0v) is 22.5. The van der Waals surface area contributed by atoms with E-state index in [9.17, 15) is 9.59 Å². The van der Waals surface area contributed by atoms with Gasteiger partial charge in [-0.1, -0.05) is 29.8 Å². The zero-order chi connectivity index (χ0) is 28.3. The van der Waals surface area contributed by atoms with Crippen molar-refractivity contribution >= 4 is 18.1 Å². The number of ether oxygens (including phenoxy) is 4. The summed E-state index contributed by atoms with van der Waals surface area (Å²) in [6, 6.07) is 26.6. The molecule has 204 valence electrons. The van der Waals surface area contributed by atoms with Crippen molar-refractivity contribution in [3.8, 4) is 23.0 Å². The molecule has 4 rings (SSSR count). The molecule has 0 saturated carbocycles. The van der Waals surface area contributed by atoms with Crippen molar-refractivity contribution in [3.05, 3.63) is 119 Å². The van der Waals surface area contributed by atoms with E-state index in [-0.39, 0.29) is 11.7 Å². The number of amides is 1. The summed E-state index contributed by atoms with van der Waals surface area (Å²) >= 11 is 0. The highest BCUT2D eigenvalue weighted by molar-refractivity contribution is 5.95. The average molecular weight is 539 g/mol. The van der Waals surface area contributed by atoms with Crippen molar-refractivity contribution in [2.75, 3.05) is 13.7 Å². The number of hydrogen-bond acceptors (Lipinski definition) is 7. The molecule has 4 aromatic carbocycles. The van der Waals surface area contributed by atoms with Gasteiger partial charge < -0.3 is 18.9 Å². The number of carbonyl (C=O) groups excluding carboxylic acids is 2. The number of nitrogens with zero attached hydrogens (tertiary/aromatic N) is 1. The van der Waals surface area contributed by atoms with E-state index in [1.165, 1.54) is 11.8 Å². The summed E-state index contributed by atoms with van der Waals surface area (Å²) < 4.78 is 22.1. The summed E-state index contributed by atoms with van der Waals surface area (Å²) in [4.78, 5) is 25.1. The smallest absolute Gasteiger partial charge is 0.343 e. The second-order valence-electron chi connectivity index (χ2n) is 8.75. The van der Waals surface area contributed by atoms with E-state index >= 15 is 0 Å². The van der Waals surface area contributed by atoms with Crippen LogP contribution in [0.25, 0.3) is 0 Å². The molecule has 1 amide bonds. The van der Waals surface area contributed by atoms with Gasteiger partial charge in [0.1, 0.15) is 18.1 Å². The molecule has 0 spiro atoms. The molecule has 0 aromatic heterocycles. The van der Waals surface area contributed by atoms with Gasteiger partial charge in [-0.2, -0.15) is 5.10 Å². The lowest BCUT2D eigenvalue weighted by molar-refractivity contribution is 0.0728. The van der Waals surface area contributed by atoms with Crippen molar-refractivity contribution in [1.29, 1.82) is 0 Å². The highest BCUT2D eigenvalue weighted by Gasteiger charge is 2.13. The molecule has 1 N–H and O–H groups in total. The van der Waals surface area contributed by atoms with Crippen LogP contribution in [0.5, 0.6) is 23.0 Å². The minimum atomic E-state index is -0.524. The van der Waals surface area contributed by atoms with Gasteiger partial charge in [-0.15, -0.1) is 0 Å². The van der Waals surface area contributed by atoms with Crippen LogP contribution >= 0.6 is 0 Å². The molecular weight excluding hydrogens is 508 g/mol. The highest BCUT2D eigenvalue weighted by atomic mass is 16.6. The number of nitrogens with one attached hydrogen (secondary N) is 1. The predicted octanol–water partition coefficient (Wildman–Crippen LogP) is 5.96. The number of rotatable bonds is 11. The van der Waals surface area contributed by atoms with Crippen molar-refractivity contribution in [3.63, 3.8) is 0 Å². The summed E-state index contributed by atoms with van der Waals surface area (Å²) in [6.45, 7) is 4.68. The maximum Gasteiger partial charge on any atom is 0.343 e. The van der Waals surface area contributed by atoms with Crippen molar-refractivity contribution < 1.29 is 28.5 Å². The monoisotopic (exact) mass is 538 g/mol. The summed E-state index contributed by atoms with van der Waals surface area (Å²) in [5.74, 6) is 1.06. The first-order valence-electron chi connectivity index (χ1n) is 12.7. The first-order chi connectivity index (χ1) is 19.4. The van der Waals surface area contributed by atoms with Crippen LogP contribution in [0, 0.1) is 6.92 Å². The van der Waals surface area contributed by atoms with Gasteiger partial charge >= 0.3 is 5.97 Å². The molecular formula is C32H30N2O6. The molecule has 40 heavy (non-hydrogen) atoms. The van der Waals surface area contributed by atoms with Gasteiger partial charge in [0.15, 0.2) is 11.5 Å². The van der Waals surface area contributed by atoms with Crippen LogP contribution in [0.3, 0.4) is 0 Å². The van der Waals surface area contributed by atoms with E-state index < -0.39 is 5.97 Å². The SMILES string of the molecule is CCOc1cc(C=NNC(=O)c2ccc(OCc3ccc(C)cc3)cc2)ccc1OC(=O)c1ccc(OC)cc1. The first kappa shape index (κ1) is 27.9. The largest absolute Gasteiger partial charge is 0.497 e. The van der Waals surface area contributed by atoms with Gasteiger partial charge in [0.25, 0.3) is 5.91 Å². The third kappa shape index (κ3) is 7.70. The van der Waals surface area contributed by atoms with Crippen LogP contribution in [0.2, 0.25) is 0 Å². The number of methoxy groups -OCH3 is 1. The number of aryl methyl sites for hydroxylation is 1. The zero-order valence-electron chi connectivity index (χ0n) is 22.5. The van der Waals surface area contributed by atoms with E-state index in [4.69, 9.17) is 18.9 Å².